The number of hydrogen-bond acceptors (Lipinski definition) is 5. The van der Waals surface area contributed by atoms with Crippen LogP contribution in [0.2, 0.25) is 5.02 Å². The maximum atomic E-state index is 12.5. The predicted molar refractivity (Wildman–Crippen MR) is 123 cm³/mol. The first-order valence-corrected chi connectivity index (χ1v) is 10.0. The topological polar surface area (TPSA) is 70.2 Å². The van der Waals surface area contributed by atoms with Crippen molar-refractivity contribution >= 4 is 50.7 Å². The van der Waals surface area contributed by atoms with Gasteiger partial charge < -0.3 is 15.5 Å². The largest absolute Gasteiger partial charge is 0.351 e. The van der Waals surface area contributed by atoms with Gasteiger partial charge in [0, 0.05) is 57.9 Å². The number of rotatable bonds is 6. The Labute approximate surface area is 179 Å². The minimum absolute atomic E-state index is 0.115. The summed E-state index contributed by atoms with van der Waals surface area (Å²) in [5.41, 5.74) is 2.14. The van der Waals surface area contributed by atoms with Gasteiger partial charge in [0.15, 0.2) is 0 Å². The van der Waals surface area contributed by atoms with Crippen LogP contribution in [0, 0.1) is 0 Å². The number of carbonyl (C=O) groups is 1. The van der Waals surface area contributed by atoms with Gasteiger partial charge >= 0.3 is 0 Å². The number of pyridine rings is 2. The van der Waals surface area contributed by atoms with Crippen LogP contribution < -0.4 is 10.6 Å². The Morgan fingerprint density at radius 3 is 2.73 bits per heavy atom. The number of benzene rings is 2. The number of carbonyl (C=O) groups excluding carboxylic acids is 1. The number of aromatic nitrogens is 2. The van der Waals surface area contributed by atoms with Crippen molar-refractivity contribution in [3.63, 3.8) is 0 Å². The quantitative estimate of drug-likeness (QED) is 0.451. The highest BCUT2D eigenvalue weighted by Crippen LogP contribution is 2.31. The van der Waals surface area contributed by atoms with Gasteiger partial charge in [-0.3, -0.25) is 9.78 Å². The van der Waals surface area contributed by atoms with Crippen molar-refractivity contribution in [3.05, 3.63) is 71.5 Å². The van der Waals surface area contributed by atoms with Gasteiger partial charge in [-0.25, -0.2) is 4.98 Å². The van der Waals surface area contributed by atoms with E-state index in [1.54, 1.807) is 6.20 Å². The molecule has 6 nitrogen and oxygen atoms in total. The molecule has 0 bridgehead atoms. The van der Waals surface area contributed by atoms with Crippen LogP contribution in [0.4, 0.5) is 11.5 Å². The maximum Gasteiger partial charge on any atom is 0.251 e. The number of nitrogens with zero attached hydrogens (tertiary/aromatic N) is 3. The molecule has 0 saturated heterocycles. The van der Waals surface area contributed by atoms with E-state index >= 15 is 0 Å². The van der Waals surface area contributed by atoms with E-state index in [4.69, 9.17) is 16.6 Å². The molecule has 0 spiro atoms. The van der Waals surface area contributed by atoms with E-state index in [1.165, 1.54) is 0 Å². The van der Waals surface area contributed by atoms with Crippen molar-refractivity contribution in [2.24, 2.45) is 0 Å². The zero-order valence-electron chi connectivity index (χ0n) is 16.8. The molecule has 0 radical (unpaired) electrons. The molecule has 0 saturated carbocycles. The summed E-state index contributed by atoms with van der Waals surface area (Å²) in [6.45, 7) is 1.36. The van der Waals surface area contributed by atoms with Gasteiger partial charge in [0.1, 0.15) is 5.82 Å². The first-order valence-electron chi connectivity index (χ1n) is 9.64. The lowest BCUT2D eigenvalue weighted by Crippen LogP contribution is -2.31. The lowest BCUT2D eigenvalue weighted by Gasteiger charge is -2.13. The number of hydrogen-bond donors (Lipinski definition) is 2. The second kappa shape index (κ2) is 8.65. The molecule has 0 aliphatic carbocycles. The number of amides is 1. The third-order valence-electron chi connectivity index (χ3n) is 4.79. The standard InChI is InChI=1S/C23H22ClN5O/c1-29(2)11-10-26-23(30)15-6-7-18-20-14-25-9-8-19(20)22(28-21(18)12-15)27-17-5-3-4-16(24)13-17/h3-9,12-14H,10-11H2,1-2H3,(H,26,30)(H,27,28). The molecule has 0 aliphatic rings. The number of anilines is 2. The fourth-order valence-corrected chi connectivity index (χ4v) is 3.47. The first kappa shape index (κ1) is 20.1. The van der Waals surface area contributed by atoms with Crippen molar-refractivity contribution in [2.45, 2.75) is 0 Å². The van der Waals surface area contributed by atoms with Crippen LogP contribution in [-0.4, -0.2) is 48.0 Å². The van der Waals surface area contributed by atoms with Crippen LogP contribution in [0.3, 0.4) is 0 Å². The summed E-state index contributed by atoms with van der Waals surface area (Å²) in [6.07, 6.45) is 3.56. The molecule has 4 aromatic rings. The van der Waals surface area contributed by atoms with E-state index in [1.807, 2.05) is 73.7 Å². The second-order valence-electron chi connectivity index (χ2n) is 7.31. The maximum absolute atomic E-state index is 12.5. The minimum Gasteiger partial charge on any atom is -0.351 e. The van der Waals surface area contributed by atoms with Gasteiger partial charge in [0.05, 0.1) is 5.52 Å². The second-order valence-corrected chi connectivity index (χ2v) is 7.74. The Balaban J connectivity index is 1.74. The fraction of sp³-hybridized carbons (Fsp3) is 0.174. The van der Waals surface area contributed by atoms with Crippen LogP contribution >= 0.6 is 11.6 Å². The highest BCUT2D eigenvalue weighted by atomic mass is 35.5. The van der Waals surface area contributed by atoms with Crippen molar-refractivity contribution in [2.75, 3.05) is 32.5 Å². The minimum atomic E-state index is -0.115. The van der Waals surface area contributed by atoms with Crippen LogP contribution in [0.25, 0.3) is 21.7 Å². The smallest absolute Gasteiger partial charge is 0.251 e. The molecule has 0 fully saturated rings. The molecule has 1 amide bonds. The van der Waals surface area contributed by atoms with Gasteiger partial charge in [-0.2, -0.15) is 0 Å². The summed E-state index contributed by atoms with van der Waals surface area (Å²) in [5, 5.41) is 9.78. The van der Waals surface area contributed by atoms with Crippen molar-refractivity contribution in [3.8, 4) is 0 Å². The highest BCUT2D eigenvalue weighted by Gasteiger charge is 2.12. The Morgan fingerprint density at radius 2 is 1.93 bits per heavy atom. The molecule has 0 aliphatic heterocycles. The van der Waals surface area contributed by atoms with Crippen LogP contribution in [-0.2, 0) is 0 Å². The van der Waals surface area contributed by atoms with Crippen LogP contribution in [0.5, 0.6) is 0 Å². The van der Waals surface area contributed by atoms with Gasteiger partial charge in [0.2, 0.25) is 0 Å². The molecule has 2 heterocycles. The Morgan fingerprint density at radius 1 is 1.07 bits per heavy atom. The lowest BCUT2D eigenvalue weighted by atomic mass is 10.1. The Kier molecular flexibility index (Phi) is 5.79. The zero-order chi connectivity index (χ0) is 21.1. The third kappa shape index (κ3) is 4.35. The molecule has 4 rings (SSSR count). The van der Waals surface area contributed by atoms with Gasteiger partial charge in [-0.05, 0) is 50.5 Å². The summed E-state index contributed by atoms with van der Waals surface area (Å²) < 4.78 is 0. The Bertz CT molecular complexity index is 1220. The first-order chi connectivity index (χ1) is 14.5. The van der Waals surface area contributed by atoms with E-state index in [2.05, 4.69) is 15.6 Å². The molecule has 0 unspecified atom stereocenters. The molecule has 30 heavy (non-hydrogen) atoms. The van der Waals surface area contributed by atoms with Gasteiger partial charge in [-0.15, -0.1) is 0 Å². The van der Waals surface area contributed by atoms with E-state index in [0.29, 0.717) is 22.9 Å². The highest BCUT2D eigenvalue weighted by molar-refractivity contribution is 6.30. The normalized spacial score (nSPS) is 11.2. The number of likely N-dealkylation sites (N-methyl/N-ethyl adjacent to an activating group) is 1. The molecule has 2 N–H and O–H groups in total. The van der Waals surface area contributed by atoms with Crippen molar-refractivity contribution in [1.29, 1.82) is 0 Å². The number of halogens is 1. The summed E-state index contributed by atoms with van der Waals surface area (Å²) in [6, 6.07) is 15.0. The third-order valence-corrected chi connectivity index (χ3v) is 5.03. The molecule has 2 aromatic heterocycles. The average molecular weight is 420 g/mol. The van der Waals surface area contributed by atoms with E-state index in [0.717, 1.165) is 33.9 Å². The average Bonchev–Trinajstić information content (AvgIpc) is 2.73. The lowest BCUT2D eigenvalue weighted by molar-refractivity contribution is 0.0951. The summed E-state index contributed by atoms with van der Waals surface area (Å²) in [4.78, 5) is 23.7. The zero-order valence-corrected chi connectivity index (χ0v) is 17.6. The van der Waals surface area contributed by atoms with Crippen LogP contribution in [0.1, 0.15) is 10.4 Å². The van der Waals surface area contributed by atoms with Crippen LogP contribution in [0.15, 0.2) is 60.9 Å². The number of fused-ring (bicyclic) bond motifs is 3. The molecule has 152 valence electrons. The Hall–Kier alpha value is -3.22. The fourth-order valence-electron chi connectivity index (χ4n) is 3.28. The summed E-state index contributed by atoms with van der Waals surface area (Å²) in [5.74, 6) is 0.573. The van der Waals surface area contributed by atoms with E-state index < -0.39 is 0 Å². The van der Waals surface area contributed by atoms with E-state index in [9.17, 15) is 4.79 Å². The van der Waals surface area contributed by atoms with E-state index in [-0.39, 0.29) is 5.91 Å². The molecular formula is C23H22ClN5O. The summed E-state index contributed by atoms with van der Waals surface area (Å²) in [7, 11) is 3.94. The summed E-state index contributed by atoms with van der Waals surface area (Å²) >= 11 is 6.12. The molecule has 7 heteroatoms. The van der Waals surface area contributed by atoms with Crippen molar-refractivity contribution in [1.82, 2.24) is 20.2 Å². The SMILES string of the molecule is CN(C)CCNC(=O)c1ccc2c(c1)nc(Nc1cccc(Cl)c1)c1ccncc12. The molecule has 2 aromatic carbocycles. The van der Waals surface area contributed by atoms with Gasteiger partial charge in [0.25, 0.3) is 5.91 Å². The molecule has 0 atom stereocenters. The number of nitrogens with one attached hydrogen (secondary N) is 2. The van der Waals surface area contributed by atoms with Gasteiger partial charge in [-0.1, -0.05) is 23.7 Å². The predicted octanol–water partition coefficient (Wildman–Crippen LogP) is 4.47. The van der Waals surface area contributed by atoms with Crippen molar-refractivity contribution < 1.29 is 4.79 Å². The molecular weight excluding hydrogens is 398 g/mol. The monoisotopic (exact) mass is 419 g/mol.